The zero-order valence-electron chi connectivity index (χ0n) is 24.3. The third-order valence-corrected chi connectivity index (χ3v) is 13.2. The molecule has 1 spiro atoms. The van der Waals surface area contributed by atoms with Crippen molar-refractivity contribution < 1.29 is 19.0 Å². The Morgan fingerprint density at radius 3 is 2.41 bits per heavy atom. The molecule has 3 unspecified atom stereocenters. The molecule has 0 amide bonds. The lowest BCUT2D eigenvalue weighted by atomic mass is 9.44. The van der Waals surface area contributed by atoms with Crippen molar-refractivity contribution in [2.75, 3.05) is 6.61 Å². The summed E-state index contributed by atoms with van der Waals surface area (Å²) in [5.74, 6) is 4.44. The van der Waals surface area contributed by atoms with Gasteiger partial charge in [0.1, 0.15) is 12.1 Å². The number of hydrogen-bond acceptors (Lipinski definition) is 5. The van der Waals surface area contributed by atoms with Gasteiger partial charge in [-0.1, -0.05) is 41.5 Å². The summed E-state index contributed by atoms with van der Waals surface area (Å²) in [6, 6.07) is -0.506. The normalized spacial score (nSPS) is 53.8. The van der Waals surface area contributed by atoms with Crippen LogP contribution in [0.5, 0.6) is 0 Å². The Labute approximate surface area is 225 Å². The molecule has 0 aromatic rings. The van der Waals surface area contributed by atoms with Gasteiger partial charge in [0.05, 0.1) is 12.7 Å². The fourth-order valence-electron chi connectivity index (χ4n) is 10.9. The lowest BCUT2D eigenvalue weighted by Crippen LogP contribution is -2.55. The van der Waals surface area contributed by atoms with Crippen LogP contribution in [0.15, 0.2) is 0 Å². The van der Waals surface area contributed by atoms with E-state index in [1.54, 1.807) is 0 Å². The van der Waals surface area contributed by atoms with Gasteiger partial charge in [-0.2, -0.15) is 0 Å². The summed E-state index contributed by atoms with van der Waals surface area (Å²) in [5.41, 5.74) is 6.85. The van der Waals surface area contributed by atoms with Gasteiger partial charge in [0.15, 0.2) is 5.79 Å². The van der Waals surface area contributed by atoms with Crippen LogP contribution in [-0.4, -0.2) is 36.6 Å². The van der Waals surface area contributed by atoms with E-state index < -0.39 is 6.04 Å². The molecule has 0 bridgehead atoms. The predicted octanol–water partition coefficient (Wildman–Crippen LogP) is 6.33. The van der Waals surface area contributed by atoms with Gasteiger partial charge >= 0.3 is 5.97 Å². The maximum atomic E-state index is 12.6. The van der Waals surface area contributed by atoms with Crippen LogP contribution in [0.4, 0.5) is 0 Å². The third-order valence-electron chi connectivity index (χ3n) is 13.2. The maximum Gasteiger partial charge on any atom is 0.323 e. The average molecular weight is 516 g/mol. The Hall–Kier alpha value is -0.650. The predicted molar refractivity (Wildman–Crippen MR) is 144 cm³/mol. The molecule has 0 radical (unpaired) electrons. The highest BCUT2D eigenvalue weighted by Crippen LogP contribution is 2.71. The lowest BCUT2D eigenvalue weighted by Gasteiger charge is -2.61. The van der Waals surface area contributed by atoms with Gasteiger partial charge in [-0.15, -0.1) is 0 Å². The quantitative estimate of drug-likeness (QED) is 0.445. The molecule has 4 aliphatic carbocycles. The molecule has 6 rings (SSSR count). The highest BCUT2D eigenvalue weighted by atomic mass is 16.7. The summed E-state index contributed by atoms with van der Waals surface area (Å²) in [6.07, 6.45) is 12.5. The fraction of sp³-hybridized carbons (Fsp3) is 0.969. The summed E-state index contributed by atoms with van der Waals surface area (Å²) in [6.45, 7) is 14.8. The molecule has 2 aliphatic heterocycles. The molecule has 13 atom stereocenters. The van der Waals surface area contributed by atoms with E-state index in [-0.39, 0.29) is 23.8 Å². The van der Waals surface area contributed by atoms with E-state index >= 15 is 0 Å². The number of rotatable bonds is 3. The first-order chi connectivity index (χ1) is 17.5. The van der Waals surface area contributed by atoms with Crippen molar-refractivity contribution in [3.05, 3.63) is 0 Å². The van der Waals surface area contributed by atoms with E-state index in [9.17, 15) is 4.79 Å². The second-order valence-electron chi connectivity index (χ2n) is 15.3. The van der Waals surface area contributed by atoms with Gasteiger partial charge in [0.2, 0.25) is 0 Å². The van der Waals surface area contributed by atoms with Crippen molar-refractivity contribution in [3.8, 4) is 0 Å². The smallest absolute Gasteiger partial charge is 0.323 e. The molecular weight excluding hydrogens is 462 g/mol. The molecule has 6 fully saturated rings. The molecule has 0 aromatic carbocycles. The average Bonchev–Trinajstić information content (AvgIpc) is 3.30. The topological polar surface area (TPSA) is 70.8 Å². The standard InChI is InChI=1S/C32H53NO4/c1-18(2)28(33)29(34)36-22-10-12-30(5)21(15-22)7-8-23-24(30)11-13-31(6)25(23)16-26-27(31)20(4)32(37-26)14-9-19(3)17-35-32/h18-28H,7-17,33H2,1-6H3/t19-,20-,21-,22-,23?,24?,25?,26+,27+,28+,30+,31+,32-/m1/s1. The van der Waals surface area contributed by atoms with Gasteiger partial charge < -0.3 is 19.9 Å². The third kappa shape index (κ3) is 3.98. The van der Waals surface area contributed by atoms with Crippen molar-refractivity contribution in [1.82, 2.24) is 0 Å². The largest absolute Gasteiger partial charge is 0.461 e. The van der Waals surface area contributed by atoms with Crippen molar-refractivity contribution in [2.45, 2.75) is 130 Å². The Kier molecular flexibility index (Phi) is 6.60. The lowest BCUT2D eigenvalue weighted by molar-refractivity contribution is -0.273. The van der Waals surface area contributed by atoms with E-state index in [0.29, 0.717) is 40.6 Å². The van der Waals surface area contributed by atoms with Crippen LogP contribution in [0.2, 0.25) is 0 Å². The molecule has 4 saturated carbocycles. The maximum absolute atomic E-state index is 12.6. The number of carbonyl (C=O) groups is 1. The molecule has 5 heteroatoms. The molecule has 5 nitrogen and oxygen atoms in total. The molecule has 2 saturated heterocycles. The molecule has 6 aliphatic rings. The number of carbonyl (C=O) groups excluding carboxylic acids is 1. The van der Waals surface area contributed by atoms with Crippen molar-refractivity contribution in [2.24, 2.45) is 63.9 Å². The molecule has 210 valence electrons. The SMILES string of the molecule is CC(C)[C@H](N)C(=O)O[C@@H]1CC[C@]2(C)C3CC[C@@]4(C)C(C[C@@H]5O[C@]6(CC[C@@H](C)CO6)[C@H](C)[C@@H]54)C3CC[C@@H]2C1. The number of nitrogens with two attached hydrogens (primary N) is 1. The fourth-order valence-corrected chi connectivity index (χ4v) is 10.9. The minimum atomic E-state index is -0.506. The van der Waals surface area contributed by atoms with E-state index in [1.165, 1.54) is 44.9 Å². The van der Waals surface area contributed by atoms with Crippen LogP contribution < -0.4 is 5.73 Å². The zero-order chi connectivity index (χ0) is 26.3. The highest BCUT2D eigenvalue weighted by Gasteiger charge is 2.69. The summed E-state index contributed by atoms with van der Waals surface area (Å²) >= 11 is 0. The van der Waals surface area contributed by atoms with Crippen LogP contribution >= 0.6 is 0 Å². The van der Waals surface area contributed by atoms with Gasteiger partial charge in [-0.05, 0) is 110 Å². The summed E-state index contributed by atoms with van der Waals surface area (Å²) < 4.78 is 19.4. The first-order valence-electron chi connectivity index (χ1n) is 15.8. The Morgan fingerprint density at radius 1 is 0.946 bits per heavy atom. The van der Waals surface area contributed by atoms with Gasteiger partial charge in [0, 0.05) is 12.3 Å². The first kappa shape index (κ1) is 26.6. The van der Waals surface area contributed by atoms with Crippen molar-refractivity contribution in [3.63, 3.8) is 0 Å². The van der Waals surface area contributed by atoms with Crippen molar-refractivity contribution >= 4 is 5.97 Å². The molecule has 37 heavy (non-hydrogen) atoms. The molecule has 0 aromatic heterocycles. The summed E-state index contributed by atoms with van der Waals surface area (Å²) in [7, 11) is 0. The Balaban J connectivity index is 1.15. The van der Waals surface area contributed by atoms with E-state index in [2.05, 4.69) is 27.7 Å². The van der Waals surface area contributed by atoms with Crippen LogP contribution in [0.3, 0.4) is 0 Å². The zero-order valence-corrected chi connectivity index (χ0v) is 24.3. The monoisotopic (exact) mass is 515 g/mol. The van der Waals surface area contributed by atoms with Crippen LogP contribution in [0, 0.1) is 58.2 Å². The minimum Gasteiger partial charge on any atom is -0.461 e. The molecule has 2 heterocycles. The van der Waals surface area contributed by atoms with E-state index in [4.69, 9.17) is 19.9 Å². The molecular formula is C32H53NO4. The summed E-state index contributed by atoms with van der Waals surface area (Å²) in [4.78, 5) is 12.6. The second-order valence-corrected chi connectivity index (χ2v) is 15.3. The van der Waals surface area contributed by atoms with Gasteiger partial charge in [0.25, 0.3) is 0 Å². The highest BCUT2D eigenvalue weighted by molar-refractivity contribution is 5.75. The van der Waals surface area contributed by atoms with E-state index in [1.807, 2.05) is 13.8 Å². The second kappa shape index (κ2) is 9.20. The van der Waals surface area contributed by atoms with Gasteiger partial charge in [-0.25, -0.2) is 0 Å². The summed E-state index contributed by atoms with van der Waals surface area (Å²) in [5, 5.41) is 0. The first-order valence-corrected chi connectivity index (χ1v) is 15.8. The number of ether oxygens (including phenoxy) is 3. The minimum absolute atomic E-state index is 0.0512. The Morgan fingerprint density at radius 2 is 1.70 bits per heavy atom. The van der Waals surface area contributed by atoms with Crippen LogP contribution in [0.25, 0.3) is 0 Å². The van der Waals surface area contributed by atoms with Gasteiger partial charge in [-0.3, -0.25) is 4.79 Å². The number of fused-ring (bicyclic) bond motifs is 7. The number of hydrogen-bond donors (Lipinski definition) is 1. The van der Waals surface area contributed by atoms with Crippen molar-refractivity contribution in [1.29, 1.82) is 0 Å². The number of esters is 1. The Bertz CT molecular complexity index is 882. The van der Waals surface area contributed by atoms with Crippen LogP contribution in [0.1, 0.15) is 106 Å². The van der Waals surface area contributed by atoms with Crippen LogP contribution in [-0.2, 0) is 19.0 Å². The van der Waals surface area contributed by atoms with E-state index in [0.717, 1.165) is 43.6 Å². The molecule has 2 N–H and O–H groups in total.